The van der Waals surface area contributed by atoms with Gasteiger partial charge in [0.1, 0.15) is 34.6 Å². The topological polar surface area (TPSA) is 9.23 Å². The molecule has 7 heteroatoms. The zero-order valence-electron chi connectivity index (χ0n) is 19.2. The molecule has 0 radical (unpaired) electrons. The number of rotatable bonds is 5. The molecule has 0 heterocycles. The van der Waals surface area contributed by atoms with Gasteiger partial charge in [0.05, 0.1) is 0 Å². The minimum absolute atomic E-state index is 0.220. The highest BCUT2D eigenvalue weighted by Gasteiger charge is 2.41. The van der Waals surface area contributed by atoms with Crippen LogP contribution in [0.5, 0.6) is 5.75 Å². The number of ether oxygens (including phenoxy) is 1. The molecular weight excluding hydrogens is 454 g/mol. The summed E-state index contributed by atoms with van der Waals surface area (Å²) in [6.07, 6.45) is 4.71. The third kappa shape index (κ3) is 5.13. The van der Waals surface area contributed by atoms with Gasteiger partial charge < -0.3 is 4.74 Å². The van der Waals surface area contributed by atoms with Crippen LogP contribution in [-0.4, -0.2) is 0 Å². The summed E-state index contributed by atoms with van der Waals surface area (Å²) in [6, 6.07) is 2.85. The van der Waals surface area contributed by atoms with Gasteiger partial charge in [0, 0.05) is 17.7 Å². The second kappa shape index (κ2) is 9.67. The Bertz CT molecular complexity index is 1040. The number of hydrogen-bond donors (Lipinski definition) is 0. The van der Waals surface area contributed by atoms with Crippen molar-refractivity contribution in [3.8, 4) is 5.75 Å². The van der Waals surface area contributed by atoms with E-state index < -0.39 is 40.7 Å². The first kappa shape index (κ1) is 24.7. The van der Waals surface area contributed by atoms with E-state index >= 15 is 0 Å². The summed E-state index contributed by atoms with van der Waals surface area (Å²) in [5, 5.41) is 0. The van der Waals surface area contributed by atoms with Gasteiger partial charge in [-0.3, -0.25) is 0 Å². The molecular formula is C27H28F6O. The average molecular weight is 483 g/mol. The second-order valence-electron chi connectivity index (χ2n) is 9.73. The lowest BCUT2D eigenvalue weighted by atomic mass is 9.71. The minimum atomic E-state index is -4.47. The fraction of sp³-hybridized carbons (Fsp3) is 0.481. The minimum Gasteiger partial charge on any atom is -0.429 e. The summed E-state index contributed by atoms with van der Waals surface area (Å²) >= 11 is 0. The molecule has 0 bridgehead atoms. The van der Waals surface area contributed by atoms with Gasteiger partial charge in [0.2, 0.25) is 0 Å². The van der Waals surface area contributed by atoms with Crippen LogP contribution in [0.15, 0.2) is 30.3 Å². The average Bonchev–Trinajstić information content (AvgIpc) is 2.77. The van der Waals surface area contributed by atoms with Crippen molar-refractivity contribution in [2.75, 3.05) is 0 Å². The Labute approximate surface area is 195 Å². The highest BCUT2D eigenvalue weighted by molar-refractivity contribution is 5.67. The van der Waals surface area contributed by atoms with Crippen molar-refractivity contribution in [1.82, 2.24) is 0 Å². The van der Waals surface area contributed by atoms with E-state index in [0.29, 0.717) is 30.4 Å². The molecule has 0 saturated heterocycles. The first-order valence-electron chi connectivity index (χ1n) is 11.8. The molecule has 0 aliphatic heterocycles. The summed E-state index contributed by atoms with van der Waals surface area (Å²) in [7, 11) is 0. The molecule has 1 fully saturated rings. The van der Waals surface area contributed by atoms with Gasteiger partial charge in [0.25, 0.3) is 0 Å². The Morgan fingerprint density at radius 1 is 0.794 bits per heavy atom. The van der Waals surface area contributed by atoms with Crippen molar-refractivity contribution in [2.24, 2.45) is 17.8 Å². The first-order chi connectivity index (χ1) is 16.0. The molecule has 1 unspecified atom stereocenters. The lowest BCUT2D eigenvalue weighted by Gasteiger charge is -2.34. The van der Waals surface area contributed by atoms with Crippen molar-refractivity contribution in [3.63, 3.8) is 0 Å². The summed E-state index contributed by atoms with van der Waals surface area (Å²) in [6.45, 7) is 3.40. The van der Waals surface area contributed by atoms with Gasteiger partial charge >= 0.3 is 6.11 Å². The van der Waals surface area contributed by atoms with Crippen molar-refractivity contribution < 1.29 is 31.1 Å². The van der Waals surface area contributed by atoms with Gasteiger partial charge in [-0.25, -0.2) is 17.6 Å². The third-order valence-electron chi connectivity index (χ3n) is 7.38. The predicted molar refractivity (Wildman–Crippen MR) is 118 cm³/mol. The van der Waals surface area contributed by atoms with Crippen LogP contribution in [0, 0.1) is 47.9 Å². The predicted octanol–water partition coefficient (Wildman–Crippen LogP) is 8.69. The third-order valence-corrected chi connectivity index (χ3v) is 7.38. The normalized spacial score (nSPS) is 23.5. The molecule has 1 atom stereocenters. The molecule has 0 N–H and O–H groups in total. The van der Waals surface area contributed by atoms with Gasteiger partial charge in [-0.1, -0.05) is 25.8 Å². The van der Waals surface area contributed by atoms with Gasteiger partial charge in [-0.2, -0.15) is 8.78 Å². The number of benzene rings is 2. The molecule has 34 heavy (non-hydrogen) atoms. The molecule has 0 aromatic heterocycles. The standard InChI is InChI=1S/C27H28F6O/c1-15-3-5-17(6-4-15)18-7-9-19(10-8-18)20-11-24(30)26(25(31)12-20)27(32,33)34-21-13-22(28)16(2)23(29)14-21/h9,11-15,17-18H,3-8,10H2,1-2H3. The van der Waals surface area contributed by atoms with E-state index in [1.807, 2.05) is 6.08 Å². The van der Waals surface area contributed by atoms with Crippen LogP contribution in [0.2, 0.25) is 0 Å². The molecule has 0 amide bonds. The summed E-state index contributed by atoms with van der Waals surface area (Å²) in [5.74, 6) is -4.06. The Morgan fingerprint density at radius 3 is 1.91 bits per heavy atom. The van der Waals surface area contributed by atoms with Gasteiger partial charge in [0.15, 0.2) is 0 Å². The largest absolute Gasteiger partial charge is 0.432 e. The van der Waals surface area contributed by atoms with Crippen LogP contribution in [0.1, 0.15) is 68.6 Å². The molecule has 1 saturated carbocycles. The zero-order valence-corrected chi connectivity index (χ0v) is 19.2. The smallest absolute Gasteiger partial charge is 0.429 e. The van der Waals surface area contributed by atoms with Crippen LogP contribution < -0.4 is 4.74 Å². The van der Waals surface area contributed by atoms with Crippen LogP contribution in [-0.2, 0) is 6.11 Å². The molecule has 0 spiro atoms. The monoisotopic (exact) mass is 482 g/mol. The lowest BCUT2D eigenvalue weighted by Crippen LogP contribution is -2.25. The summed E-state index contributed by atoms with van der Waals surface area (Å²) in [4.78, 5) is 0. The van der Waals surface area contributed by atoms with Crippen molar-refractivity contribution in [3.05, 3.63) is 70.3 Å². The molecule has 2 aliphatic rings. The maximum atomic E-state index is 14.7. The van der Waals surface area contributed by atoms with Crippen LogP contribution in [0.4, 0.5) is 26.3 Å². The maximum absolute atomic E-state index is 14.7. The Hall–Kier alpha value is -2.44. The van der Waals surface area contributed by atoms with Crippen molar-refractivity contribution in [2.45, 2.75) is 64.9 Å². The highest BCUT2D eigenvalue weighted by Crippen LogP contribution is 2.42. The number of allylic oxidation sites excluding steroid dienone is 2. The van der Waals surface area contributed by atoms with Crippen LogP contribution in [0.25, 0.3) is 5.57 Å². The first-order valence-corrected chi connectivity index (χ1v) is 11.8. The highest BCUT2D eigenvalue weighted by atomic mass is 19.3. The summed E-state index contributed by atoms with van der Waals surface area (Å²) in [5.41, 5.74) is -1.02. The van der Waals surface area contributed by atoms with E-state index in [4.69, 9.17) is 0 Å². The second-order valence-corrected chi connectivity index (χ2v) is 9.73. The fourth-order valence-corrected chi connectivity index (χ4v) is 5.22. The molecule has 2 aliphatic carbocycles. The molecule has 2 aromatic rings. The van der Waals surface area contributed by atoms with Crippen LogP contribution >= 0.6 is 0 Å². The quantitative estimate of drug-likeness (QED) is 0.387. The molecule has 1 nitrogen and oxygen atoms in total. The number of hydrogen-bond acceptors (Lipinski definition) is 1. The fourth-order valence-electron chi connectivity index (χ4n) is 5.22. The van der Waals surface area contributed by atoms with E-state index in [9.17, 15) is 26.3 Å². The molecule has 4 rings (SSSR count). The van der Waals surface area contributed by atoms with Gasteiger partial charge in [-0.15, -0.1) is 0 Å². The van der Waals surface area contributed by atoms with Crippen molar-refractivity contribution >= 4 is 5.57 Å². The zero-order chi connectivity index (χ0) is 24.6. The van der Waals surface area contributed by atoms with Crippen LogP contribution in [0.3, 0.4) is 0 Å². The van der Waals surface area contributed by atoms with Crippen molar-refractivity contribution in [1.29, 1.82) is 0 Å². The van der Waals surface area contributed by atoms with Gasteiger partial charge in [-0.05, 0) is 80.1 Å². The lowest BCUT2D eigenvalue weighted by molar-refractivity contribution is -0.189. The molecule has 2 aromatic carbocycles. The van der Waals surface area contributed by atoms with E-state index in [1.54, 1.807) is 0 Å². The van der Waals surface area contributed by atoms with E-state index in [-0.39, 0.29) is 11.1 Å². The van der Waals surface area contributed by atoms with E-state index in [2.05, 4.69) is 11.7 Å². The SMILES string of the molecule is Cc1c(F)cc(OC(F)(F)c2c(F)cc(C3=CCC(C4CCC(C)CC4)CC3)cc2F)cc1F. The number of halogens is 6. The Kier molecular flexibility index (Phi) is 7.02. The Morgan fingerprint density at radius 2 is 1.38 bits per heavy atom. The van der Waals surface area contributed by atoms with E-state index in [1.165, 1.54) is 25.7 Å². The molecule has 184 valence electrons. The van der Waals surface area contributed by atoms with E-state index in [0.717, 1.165) is 43.4 Å². The number of alkyl halides is 2. The summed E-state index contributed by atoms with van der Waals surface area (Å²) < 4.78 is 90.4. The Balaban J connectivity index is 1.52. The maximum Gasteiger partial charge on any atom is 0.432 e.